The van der Waals surface area contributed by atoms with E-state index in [1.165, 1.54) is 4.88 Å². The highest BCUT2D eigenvalue weighted by atomic mass is 32.1. The minimum Gasteiger partial charge on any atom is -0.376 e. The lowest BCUT2D eigenvalue weighted by Gasteiger charge is -2.25. The summed E-state index contributed by atoms with van der Waals surface area (Å²) in [4.78, 5) is 16.5. The maximum atomic E-state index is 13.4. The first kappa shape index (κ1) is 19.9. The Kier molecular flexibility index (Phi) is 6.11. The molecule has 2 aromatic heterocycles. The second kappa shape index (κ2) is 8.93. The summed E-state index contributed by atoms with van der Waals surface area (Å²) < 4.78 is 7.79. The summed E-state index contributed by atoms with van der Waals surface area (Å²) in [7, 11) is 0. The quantitative estimate of drug-likeness (QED) is 0.580. The molecule has 3 aromatic rings. The zero-order chi connectivity index (χ0) is 20.2. The molecular weight excluding hydrogens is 382 g/mol. The van der Waals surface area contributed by atoms with Crippen LogP contribution in [0.2, 0.25) is 0 Å². The van der Waals surface area contributed by atoms with Crippen LogP contribution in [0.1, 0.15) is 45.0 Å². The molecule has 1 aliphatic heterocycles. The molecule has 1 amide bonds. The van der Waals surface area contributed by atoms with E-state index in [2.05, 4.69) is 35.6 Å². The smallest absolute Gasteiger partial charge is 0.254 e. The third kappa shape index (κ3) is 4.95. The number of ether oxygens (including phenoxy) is 1. The van der Waals surface area contributed by atoms with Crippen LogP contribution in [0.3, 0.4) is 0 Å². The Morgan fingerprint density at radius 1 is 1.28 bits per heavy atom. The largest absolute Gasteiger partial charge is 0.376 e. The standard InChI is InChI=1S/C23H27N3O2S/c1-17-12-18(2)26(24-17)14-19-6-3-7-20(13-19)23(27)25(15-21-8-4-10-28-21)16-22-9-5-11-29-22/h3,5-7,9,11-13,21H,4,8,10,14-16H2,1-2H3. The Morgan fingerprint density at radius 2 is 2.17 bits per heavy atom. The van der Waals surface area contributed by atoms with Crippen LogP contribution in [0.25, 0.3) is 0 Å². The fourth-order valence-corrected chi connectivity index (χ4v) is 4.56. The zero-order valence-corrected chi connectivity index (χ0v) is 17.8. The lowest BCUT2D eigenvalue weighted by molar-refractivity contribution is 0.0509. The van der Waals surface area contributed by atoms with Gasteiger partial charge >= 0.3 is 0 Å². The van der Waals surface area contributed by atoms with Gasteiger partial charge in [-0.3, -0.25) is 9.48 Å². The number of hydrogen-bond acceptors (Lipinski definition) is 4. The second-order valence-electron chi connectivity index (χ2n) is 7.69. The molecule has 1 fully saturated rings. The van der Waals surface area contributed by atoms with Gasteiger partial charge in [-0.15, -0.1) is 11.3 Å². The molecular formula is C23H27N3O2S. The molecule has 4 rings (SSSR count). The predicted molar refractivity (Wildman–Crippen MR) is 115 cm³/mol. The Balaban J connectivity index is 1.53. The van der Waals surface area contributed by atoms with Gasteiger partial charge in [-0.1, -0.05) is 18.2 Å². The highest BCUT2D eigenvalue weighted by Crippen LogP contribution is 2.20. The van der Waals surface area contributed by atoms with Gasteiger partial charge < -0.3 is 9.64 Å². The first-order valence-corrected chi connectivity index (χ1v) is 11.0. The van der Waals surface area contributed by atoms with Gasteiger partial charge in [0, 0.05) is 29.3 Å². The maximum absolute atomic E-state index is 13.4. The number of benzene rings is 1. The summed E-state index contributed by atoms with van der Waals surface area (Å²) in [6, 6.07) is 14.1. The van der Waals surface area contributed by atoms with Gasteiger partial charge in [0.15, 0.2) is 0 Å². The number of carbonyl (C=O) groups excluding carboxylic acids is 1. The minimum absolute atomic E-state index is 0.0594. The van der Waals surface area contributed by atoms with Gasteiger partial charge in [0.05, 0.1) is 24.9 Å². The fourth-order valence-electron chi connectivity index (χ4n) is 3.84. The molecule has 1 saturated heterocycles. The molecule has 5 nitrogen and oxygen atoms in total. The summed E-state index contributed by atoms with van der Waals surface area (Å²) in [5.74, 6) is 0.0594. The molecule has 0 N–H and O–H groups in total. The number of rotatable bonds is 7. The van der Waals surface area contributed by atoms with Crippen LogP contribution in [-0.4, -0.2) is 39.8 Å². The number of aryl methyl sites for hydroxylation is 2. The van der Waals surface area contributed by atoms with E-state index in [-0.39, 0.29) is 12.0 Å². The number of thiophene rings is 1. The highest BCUT2D eigenvalue weighted by molar-refractivity contribution is 7.09. The van der Waals surface area contributed by atoms with Gasteiger partial charge in [-0.05, 0) is 61.9 Å². The zero-order valence-electron chi connectivity index (χ0n) is 17.0. The number of carbonyl (C=O) groups is 1. The van der Waals surface area contributed by atoms with Gasteiger partial charge in [0.25, 0.3) is 5.91 Å². The van der Waals surface area contributed by atoms with Crippen LogP contribution < -0.4 is 0 Å². The lowest BCUT2D eigenvalue weighted by atomic mass is 10.1. The van der Waals surface area contributed by atoms with Crippen molar-refractivity contribution < 1.29 is 9.53 Å². The first-order chi connectivity index (χ1) is 14.1. The molecule has 0 radical (unpaired) electrons. The highest BCUT2D eigenvalue weighted by Gasteiger charge is 2.24. The van der Waals surface area contributed by atoms with Crippen molar-refractivity contribution in [3.05, 3.63) is 75.2 Å². The summed E-state index contributed by atoms with van der Waals surface area (Å²) >= 11 is 1.68. The number of nitrogens with zero attached hydrogens (tertiary/aromatic N) is 3. The fraction of sp³-hybridized carbons (Fsp3) is 0.391. The number of aromatic nitrogens is 2. The molecule has 1 atom stereocenters. The van der Waals surface area contributed by atoms with Crippen LogP contribution in [0.4, 0.5) is 0 Å². The number of amides is 1. The molecule has 0 saturated carbocycles. The van der Waals surface area contributed by atoms with E-state index in [0.717, 1.165) is 42.0 Å². The van der Waals surface area contributed by atoms with Crippen LogP contribution in [0, 0.1) is 13.8 Å². The molecule has 6 heteroatoms. The monoisotopic (exact) mass is 409 g/mol. The second-order valence-corrected chi connectivity index (χ2v) is 8.72. The third-order valence-corrected chi connectivity index (χ3v) is 6.13. The van der Waals surface area contributed by atoms with E-state index in [1.54, 1.807) is 11.3 Å². The van der Waals surface area contributed by atoms with Crippen molar-refractivity contribution in [3.63, 3.8) is 0 Å². The summed E-state index contributed by atoms with van der Waals surface area (Å²) in [5.41, 5.74) is 3.93. The van der Waals surface area contributed by atoms with Gasteiger partial charge in [0.2, 0.25) is 0 Å². The average molecular weight is 410 g/mol. The van der Waals surface area contributed by atoms with Crippen molar-refractivity contribution >= 4 is 17.2 Å². The van der Waals surface area contributed by atoms with Gasteiger partial charge in [-0.25, -0.2) is 0 Å². The van der Waals surface area contributed by atoms with Crippen LogP contribution in [-0.2, 0) is 17.8 Å². The Hall–Kier alpha value is -2.44. The van der Waals surface area contributed by atoms with E-state index >= 15 is 0 Å². The summed E-state index contributed by atoms with van der Waals surface area (Å²) in [5, 5.41) is 6.59. The van der Waals surface area contributed by atoms with E-state index < -0.39 is 0 Å². The van der Waals surface area contributed by atoms with Gasteiger partial charge in [0.1, 0.15) is 0 Å². The summed E-state index contributed by atoms with van der Waals surface area (Å²) in [6.45, 7) is 6.77. The first-order valence-electron chi connectivity index (χ1n) is 10.1. The molecule has 0 aliphatic carbocycles. The molecule has 0 bridgehead atoms. The van der Waals surface area contributed by atoms with Crippen molar-refractivity contribution in [3.8, 4) is 0 Å². The van der Waals surface area contributed by atoms with E-state index in [1.807, 2.05) is 40.8 Å². The van der Waals surface area contributed by atoms with Crippen molar-refractivity contribution in [1.29, 1.82) is 0 Å². The molecule has 0 spiro atoms. The van der Waals surface area contributed by atoms with Crippen molar-refractivity contribution in [2.45, 2.75) is 45.9 Å². The molecule has 152 valence electrons. The average Bonchev–Trinajstić information content (AvgIpc) is 3.45. The van der Waals surface area contributed by atoms with Crippen LogP contribution in [0.15, 0.2) is 47.8 Å². The third-order valence-electron chi connectivity index (χ3n) is 5.27. The van der Waals surface area contributed by atoms with E-state index in [4.69, 9.17) is 4.74 Å². The summed E-state index contributed by atoms with van der Waals surface area (Å²) in [6.07, 6.45) is 2.23. The Morgan fingerprint density at radius 3 is 2.86 bits per heavy atom. The predicted octanol–water partition coefficient (Wildman–Crippen LogP) is 4.43. The topological polar surface area (TPSA) is 47.4 Å². The van der Waals surface area contributed by atoms with Crippen molar-refractivity contribution in [2.24, 2.45) is 0 Å². The minimum atomic E-state index is 0.0594. The molecule has 29 heavy (non-hydrogen) atoms. The molecule has 1 aliphatic rings. The van der Waals surface area contributed by atoms with Crippen LogP contribution in [0.5, 0.6) is 0 Å². The lowest BCUT2D eigenvalue weighted by Crippen LogP contribution is -2.36. The van der Waals surface area contributed by atoms with Crippen LogP contribution >= 0.6 is 11.3 Å². The SMILES string of the molecule is Cc1cc(C)n(Cc2cccc(C(=O)N(Cc3cccs3)CC3CCCO3)c2)n1. The van der Waals surface area contributed by atoms with E-state index in [0.29, 0.717) is 19.6 Å². The maximum Gasteiger partial charge on any atom is 0.254 e. The van der Waals surface area contributed by atoms with E-state index in [9.17, 15) is 4.79 Å². The Bertz CT molecular complexity index is 958. The van der Waals surface area contributed by atoms with Gasteiger partial charge in [-0.2, -0.15) is 5.10 Å². The van der Waals surface area contributed by atoms with Crippen molar-refractivity contribution in [2.75, 3.05) is 13.2 Å². The number of hydrogen-bond donors (Lipinski definition) is 0. The molecule has 3 heterocycles. The Labute approximate surface area is 175 Å². The molecule has 1 unspecified atom stereocenters. The molecule has 1 aromatic carbocycles. The van der Waals surface area contributed by atoms with Crippen molar-refractivity contribution in [1.82, 2.24) is 14.7 Å². The normalized spacial score (nSPS) is 16.3.